The number of hydrogen-bond donors (Lipinski definition) is 1. The Morgan fingerprint density at radius 1 is 1.11 bits per heavy atom. The minimum Gasteiger partial charge on any atom is -0.398 e. The van der Waals surface area contributed by atoms with E-state index < -0.39 is 0 Å². The van der Waals surface area contributed by atoms with Crippen molar-refractivity contribution in [2.45, 2.75) is 13.0 Å². The first-order valence-electron chi connectivity index (χ1n) is 6.25. The van der Waals surface area contributed by atoms with Crippen molar-refractivity contribution in [2.24, 2.45) is 0 Å². The molecule has 92 valence electrons. The summed E-state index contributed by atoms with van der Waals surface area (Å²) >= 11 is 0. The average molecular weight is 239 g/mol. The molecule has 0 saturated carbocycles. The maximum absolute atomic E-state index is 6.10. The number of benzene rings is 1. The molecule has 0 amide bonds. The van der Waals surface area contributed by atoms with Gasteiger partial charge in [-0.15, -0.1) is 0 Å². The molecule has 2 aromatic rings. The first-order chi connectivity index (χ1) is 8.75. The smallest absolute Gasteiger partial charge is 0.0350 e. The molecule has 0 fully saturated rings. The first kappa shape index (κ1) is 11.2. The van der Waals surface area contributed by atoms with Crippen LogP contribution in [0.15, 0.2) is 36.7 Å². The zero-order chi connectivity index (χ0) is 12.5. The first-order valence-corrected chi connectivity index (χ1v) is 6.25. The van der Waals surface area contributed by atoms with Crippen LogP contribution >= 0.6 is 0 Å². The molecular formula is C15H17N3. The molecule has 2 heterocycles. The molecule has 0 unspecified atom stereocenters. The van der Waals surface area contributed by atoms with E-state index in [9.17, 15) is 0 Å². The molecular weight excluding hydrogens is 222 g/mol. The number of pyridine rings is 1. The van der Waals surface area contributed by atoms with Crippen molar-refractivity contribution in [3.63, 3.8) is 0 Å². The fourth-order valence-corrected chi connectivity index (χ4v) is 2.64. The zero-order valence-electron chi connectivity index (χ0n) is 10.6. The minimum atomic E-state index is 0.927. The second kappa shape index (κ2) is 4.42. The summed E-state index contributed by atoms with van der Waals surface area (Å²) in [5.41, 5.74) is 12.2. The van der Waals surface area contributed by atoms with E-state index in [0.29, 0.717) is 0 Å². The van der Waals surface area contributed by atoms with Crippen molar-refractivity contribution in [3.05, 3.63) is 47.8 Å². The molecule has 2 N–H and O–H groups in total. The van der Waals surface area contributed by atoms with Crippen molar-refractivity contribution in [2.75, 3.05) is 19.3 Å². The molecule has 1 aromatic carbocycles. The predicted octanol–water partition coefficient (Wildman–Crippen LogP) is 2.32. The largest absolute Gasteiger partial charge is 0.398 e. The van der Waals surface area contributed by atoms with Gasteiger partial charge in [-0.05, 0) is 53.9 Å². The highest BCUT2D eigenvalue weighted by molar-refractivity contribution is 5.72. The van der Waals surface area contributed by atoms with Gasteiger partial charge in [-0.1, -0.05) is 6.07 Å². The molecule has 0 aliphatic carbocycles. The van der Waals surface area contributed by atoms with Gasteiger partial charge in [-0.2, -0.15) is 0 Å². The van der Waals surface area contributed by atoms with Gasteiger partial charge < -0.3 is 10.6 Å². The Bertz CT molecular complexity index is 563. The monoisotopic (exact) mass is 239 g/mol. The summed E-state index contributed by atoms with van der Waals surface area (Å²) in [6.45, 7) is 2.05. The Kier molecular flexibility index (Phi) is 2.76. The lowest BCUT2D eigenvalue weighted by molar-refractivity contribution is 0.314. The number of hydrogen-bond acceptors (Lipinski definition) is 3. The number of fused-ring (bicyclic) bond motifs is 1. The number of rotatable bonds is 1. The molecule has 1 aliphatic rings. The van der Waals surface area contributed by atoms with Crippen LogP contribution in [0.1, 0.15) is 11.1 Å². The lowest BCUT2D eigenvalue weighted by atomic mass is 9.90. The van der Waals surface area contributed by atoms with Crippen LogP contribution < -0.4 is 5.73 Å². The summed E-state index contributed by atoms with van der Waals surface area (Å²) in [5.74, 6) is 0. The van der Waals surface area contributed by atoms with Gasteiger partial charge in [0.15, 0.2) is 0 Å². The highest BCUT2D eigenvalue weighted by Crippen LogP contribution is 2.33. The molecule has 0 bridgehead atoms. The average Bonchev–Trinajstić information content (AvgIpc) is 2.40. The van der Waals surface area contributed by atoms with Crippen molar-refractivity contribution in [1.29, 1.82) is 0 Å². The van der Waals surface area contributed by atoms with Crippen LogP contribution in [0, 0.1) is 0 Å². The SMILES string of the molecule is CN1CCc2c(N)ccc(-c3ccncc3)c2C1. The normalized spacial score (nSPS) is 15.4. The van der Waals surface area contributed by atoms with Crippen molar-refractivity contribution in [3.8, 4) is 11.1 Å². The van der Waals surface area contributed by atoms with Crippen molar-refractivity contribution < 1.29 is 0 Å². The van der Waals surface area contributed by atoms with Crippen molar-refractivity contribution in [1.82, 2.24) is 9.88 Å². The maximum Gasteiger partial charge on any atom is 0.0350 e. The van der Waals surface area contributed by atoms with Crippen LogP contribution in [-0.2, 0) is 13.0 Å². The number of aromatic nitrogens is 1. The van der Waals surface area contributed by atoms with E-state index in [-0.39, 0.29) is 0 Å². The quantitative estimate of drug-likeness (QED) is 0.777. The summed E-state index contributed by atoms with van der Waals surface area (Å²) in [7, 11) is 2.16. The Hall–Kier alpha value is -1.87. The van der Waals surface area contributed by atoms with E-state index in [1.807, 2.05) is 18.5 Å². The van der Waals surface area contributed by atoms with Gasteiger partial charge in [0, 0.05) is 31.2 Å². The molecule has 3 nitrogen and oxygen atoms in total. The Labute approximate surface area is 107 Å². The highest BCUT2D eigenvalue weighted by atomic mass is 15.1. The number of nitrogens with two attached hydrogens (primary N) is 1. The van der Waals surface area contributed by atoms with E-state index in [1.165, 1.54) is 22.3 Å². The molecule has 0 atom stereocenters. The van der Waals surface area contributed by atoms with Gasteiger partial charge in [0.1, 0.15) is 0 Å². The van der Waals surface area contributed by atoms with E-state index in [2.05, 4.69) is 35.1 Å². The van der Waals surface area contributed by atoms with Crippen LogP contribution in [0.25, 0.3) is 11.1 Å². The molecule has 0 saturated heterocycles. The number of nitrogens with zero attached hydrogens (tertiary/aromatic N) is 2. The van der Waals surface area contributed by atoms with Gasteiger partial charge in [-0.25, -0.2) is 0 Å². The molecule has 18 heavy (non-hydrogen) atoms. The van der Waals surface area contributed by atoms with Gasteiger partial charge in [-0.3, -0.25) is 4.98 Å². The fraction of sp³-hybridized carbons (Fsp3) is 0.267. The molecule has 1 aromatic heterocycles. The summed E-state index contributed by atoms with van der Waals surface area (Å²) in [4.78, 5) is 6.42. The fourth-order valence-electron chi connectivity index (χ4n) is 2.64. The Morgan fingerprint density at radius 2 is 1.89 bits per heavy atom. The van der Waals surface area contributed by atoms with E-state index in [4.69, 9.17) is 5.73 Å². The third kappa shape index (κ3) is 1.87. The van der Waals surface area contributed by atoms with Crippen LogP contribution in [0.4, 0.5) is 5.69 Å². The second-order valence-electron chi connectivity index (χ2n) is 4.88. The van der Waals surface area contributed by atoms with E-state index in [1.54, 1.807) is 0 Å². The summed E-state index contributed by atoms with van der Waals surface area (Å²) in [6.07, 6.45) is 4.71. The number of likely N-dealkylation sites (N-methyl/N-ethyl adjacent to an activating group) is 1. The lowest BCUT2D eigenvalue weighted by Crippen LogP contribution is -2.27. The molecule has 1 aliphatic heterocycles. The zero-order valence-corrected chi connectivity index (χ0v) is 10.6. The van der Waals surface area contributed by atoms with Crippen LogP contribution in [-0.4, -0.2) is 23.5 Å². The molecule has 3 rings (SSSR count). The number of nitrogen functional groups attached to an aromatic ring is 1. The van der Waals surface area contributed by atoms with Gasteiger partial charge in [0.2, 0.25) is 0 Å². The Morgan fingerprint density at radius 3 is 2.67 bits per heavy atom. The van der Waals surface area contributed by atoms with Gasteiger partial charge in [0.05, 0.1) is 0 Å². The predicted molar refractivity (Wildman–Crippen MR) is 74.1 cm³/mol. The number of anilines is 1. The van der Waals surface area contributed by atoms with Gasteiger partial charge in [0.25, 0.3) is 0 Å². The van der Waals surface area contributed by atoms with Gasteiger partial charge >= 0.3 is 0 Å². The van der Waals surface area contributed by atoms with Crippen LogP contribution in [0.5, 0.6) is 0 Å². The highest BCUT2D eigenvalue weighted by Gasteiger charge is 2.19. The maximum atomic E-state index is 6.10. The third-order valence-corrected chi connectivity index (χ3v) is 3.63. The summed E-state index contributed by atoms with van der Waals surface area (Å²) in [5, 5.41) is 0. The van der Waals surface area contributed by atoms with E-state index in [0.717, 1.165) is 25.2 Å². The van der Waals surface area contributed by atoms with Crippen LogP contribution in [0.3, 0.4) is 0 Å². The third-order valence-electron chi connectivity index (χ3n) is 3.63. The minimum absolute atomic E-state index is 0.927. The standard InChI is InChI=1S/C15H17N3/c1-18-9-6-13-14(10-18)12(2-3-15(13)16)11-4-7-17-8-5-11/h2-5,7-8H,6,9-10,16H2,1H3. The lowest BCUT2D eigenvalue weighted by Gasteiger charge is -2.28. The van der Waals surface area contributed by atoms with Crippen LogP contribution in [0.2, 0.25) is 0 Å². The summed E-state index contributed by atoms with van der Waals surface area (Å²) in [6, 6.07) is 8.27. The van der Waals surface area contributed by atoms with E-state index >= 15 is 0 Å². The second-order valence-corrected chi connectivity index (χ2v) is 4.88. The molecule has 3 heteroatoms. The summed E-state index contributed by atoms with van der Waals surface area (Å²) < 4.78 is 0. The molecule has 0 radical (unpaired) electrons. The Balaban J connectivity index is 2.17. The topological polar surface area (TPSA) is 42.1 Å². The molecule has 0 spiro atoms. The van der Waals surface area contributed by atoms with Crippen molar-refractivity contribution >= 4 is 5.69 Å².